The lowest BCUT2D eigenvalue weighted by molar-refractivity contribution is -0.119. The lowest BCUT2D eigenvalue weighted by Gasteiger charge is -2.31. The normalized spacial score (nSPS) is 22.3. The molecular formula is C18H27ClN2O. The van der Waals surface area contributed by atoms with Gasteiger partial charge in [-0.1, -0.05) is 25.1 Å². The molecule has 2 aliphatic rings. The van der Waals surface area contributed by atoms with Gasteiger partial charge in [-0.25, -0.2) is 0 Å². The Hall–Kier alpha value is -1.06. The standard InChI is InChI=1S/C18H26N2O.ClH/c1-14-7-10-19(11-8-14)12-9-18(21)20-15(2)13-16-5-3-4-6-17(16)20;/h3-6,14-15H,7-13H2,1-2H3;1H. The number of amides is 1. The Labute approximate surface area is 140 Å². The Morgan fingerprint density at radius 2 is 1.86 bits per heavy atom. The number of piperidine rings is 1. The third kappa shape index (κ3) is 3.64. The predicted octanol–water partition coefficient (Wildman–Crippen LogP) is 3.51. The molecule has 0 radical (unpaired) electrons. The Morgan fingerprint density at radius 1 is 1.18 bits per heavy atom. The summed E-state index contributed by atoms with van der Waals surface area (Å²) in [5, 5.41) is 0. The van der Waals surface area contributed by atoms with E-state index in [-0.39, 0.29) is 18.3 Å². The van der Waals surface area contributed by atoms with Crippen LogP contribution in [0.15, 0.2) is 24.3 Å². The van der Waals surface area contributed by atoms with Crippen molar-refractivity contribution < 1.29 is 4.79 Å². The molecule has 2 heterocycles. The fourth-order valence-electron chi connectivity index (χ4n) is 3.61. The lowest BCUT2D eigenvalue weighted by atomic mass is 9.99. The number of benzene rings is 1. The van der Waals surface area contributed by atoms with Gasteiger partial charge in [0.25, 0.3) is 0 Å². The van der Waals surface area contributed by atoms with Gasteiger partial charge in [0, 0.05) is 24.7 Å². The van der Waals surface area contributed by atoms with Gasteiger partial charge >= 0.3 is 0 Å². The Morgan fingerprint density at radius 3 is 2.59 bits per heavy atom. The molecule has 122 valence electrons. The largest absolute Gasteiger partial charge is 0.309 e. The second-order valence-corrected chi connectivity index (χ2v) is 6.72. The van der Waals surface area contributed by atoms with Gasteiger partial charge in [0.15, 0.2) is 0 Å². The number of fused-ring (bicyclic) bond motifs is 1. The van der Waals surface area contributed by atoms with E-state index in [1.165, 1.54) is 18.4 Å². The van der Waals surface area contributed by atoms with Gasteiger partial charge in [-0.2, -0.15) is 0 Å². The van der Waals surface area contributed by atoms with Crippen molar-refractivity contribution in [2.45, 2.75) is 45.6 Å². The van der Waals surface area contributed by atoms with Gasteiger partial charge in [0.2, 0.25) is 5.91 Å². The molecule has 0 N–H and O–H groups in total. The van der Waals surface area contributed by atoms with E-state index in [4.69, 9.17) is 0 Å². The fraction of sp³-hybridized carbons (Fsp3) is 0.611. The van der Waals surface area contributed by atoms with E-state index in [9.17, 15) is 4.79 Å². The van der Waals surface area contributed by atoms with Gasteiger partial charge in [0.05, 0.1) is 0 Å². The molecule has 3 nitrogen and oxygen atoms in total. The van der Waals surface area contributed by atoms with Crippen LogP contribution >= 0.6 is 12.4 Å². The highest BCUT2D eigenvalue weighted by atomic mass is 35.5. The van der Waals surface area contributed by atoms with Gasteiger partial charge < -0.3 is 9.80 Å². The molecule has 0 aromatic heterocycles. The molecule has 0 saturated carbocycles. The Kier molecular flexibility index (Phi) is 5.87. The molecular weight excluding hydrogens is 296 g/mol. The van der Waals surface area contributed by atoms with Crippen LogP contribution in [0.4, 0.5) is 5.69 Å². The minimum atomic E-state index is 0. The number of carbonyl (C=O) groups excluding carboxylic acids is 1. The highest BCUT2D eigenvalue weighted by Crippen LogP contribution is 2.32. The smallest absolute Gasteiger partial charge is 0.228 e. The monoisotopic (exact) mass is 322 g/mol. The van der Waals surface area contributed by atoms with Crippen molar-refractivity contribution in [3.05, 3.63) is 29.8 Å². The second kappa shape index (κ2) is 7.47. The zero-order chi connectivity index (χ0) is 14.8. The van der Waals surface area contributed by atoms with Crippen molar-refractivity contribution in [3.8, 4) is 0 Å². The van der Waals surface area contributed by atoms with Crippen molar-refractivity contribution in [1.82, 2.24) is 4.90 Å². The maximum Gasteiger partial charge on any atom is 0.228 e. The van der Waals surface area contributed by atoms with Crippen molar-refractivity contribution in [2.24, 2.45) is 5.92 Å². The molecule has 4 heteroatoms. The highest BCUT2D eigenvalue weighted by Gasteiger charge is 2.30. The van der Waals surface area contributed by atoms with E-state index < -0.39 is 0 Å². The molecule has 2 aliphatic heterocycles. The Balaban J connectivity index is 0.00000176. The molecule has 1 atom stereocenters. The van der Waals surface area contributed by atoms with E-state index in [1.807, 2.05) is 11.0 Å². The van der Waals surface area contributed by atoms with Crippen molar-refractivity contribution in [2.75, 3.05) is 24.5 Å². The lowest BCUT2D eigenvalue weighted by Crippen LogP contribution is -2.39. The van der Waals surface area contributed by atoms with Gasteiger partial charge in [-0.15, -0.1) is 12.4 Å². The molecule has 0 aliphatic carbocycles. The topological polar surface area (TPSA) is 23.6 Å². The van der Waals surface area contributed by atoms with Crippen LogP contribution in [0.3, 0.4) is 0 Å². The minimum Gasteiger partial charge on any atom is -0.309 e. The summed E-state index contributed by atoms with van der Waals surface area (Å²) in [5.74, 6) is 1.13. The molecule has 1 unspecified atom stereocenters. The number of anilines is 1. The number of halogens is 1. The zero-order valence-corrected chi connectivity index (χ0v) is 14.4. The van der Waals surface area contributed by atoms with Crippen LogP contribution < -0.4 is 4.90 Å². The summed E-state index contributed by atoms with van der Waals surface area (Å²) in [5.41, 5.74) is 2.44. The Bertz CT molecular complexity index is 512. The first-order valence-corrected chi connectivity index (χ1v) is 8.27. The van der Waals surface area contributed by atoms with E-state index in [0.717, 1.165) is 37.7 Å². The number of rotatable bonds is 3. The van der Waals surface area contributed by atoms with E-state index >= 15 is 0 Å². The quantitative estimate of drug-likeness (QED) is 0.850. The van der Waals surface area contributed by atoms with Crippen LogP contribution in [-0.4, -0.2) is 36.5 Å². The van der Waals surface area contributed by atoms with Gasteiger partial charge in [-0.3, -0.25) is 4.79 Å². The summed E-state index contributed by atoms with van der Waals surface area (Å²) < 4.78 is 0. The third-order valence-corrected chi connectivity index (χ3v) is 4.99. The van der Waals surface area contributed by atoms with Crippen LogP contribution in [-0.2, 0) is 11.2 Å². The average Bonchev–Trinajstić information content (AvgIpc) is 2.82. The van der Waals surface area contributed by atoms with Gasteiger partial charge in [-0.05, 0) is 56.8 Å². The summed E-state index contributed by atoms with van der Waals surface area (Å²) in [4.78, 5) is 17.1. The predicted molar refractivity (Wildman–Crippen MR) is 93.8 cm³/mol. The number of hydrogen-bond acceptors (Lipinski definition) is 2. The first-order chi connectivity index (χ1) is 10.1. The fourth-order valence-corrected chi connectivity index (χ4v) is 3.61. The molecule has 1 saturated heterocycles. The van der Waals surface area contributed by atoms with Gasteiger partial charge in [0.1, 0.15) is 0 Å². The van der Waals surface area contributed by atoms with Crippen LogP contribution in [0, 0.1) is 5.92 Å². The number of carbonyl (C=O) groups is 1. The molecule has 1 fully saturated rings. The minimum absolute atomic E-state index is 0. The van der Waals surface area contributed by atoms with Crippen molar-refractivity contribution in [1.29, 1.82) is 0 Å². The third-order valence-electron chi connectivity index (χ3n) is 4.99. The number of nitrogens with zero attached hydrogens (tertiary/aromatic N) is 2. The SMILES string of the molecule is CC1CCN(CCC(=O)N2c3ccccc3CC2C)CC1.Cl. The van der Waals surface area contributed by atoms with Crippen LogP contribution in [0.25, 0.3) is 0 Å². The summed E-state index contributed by atoms with van der Waals surface area (Å²) in [7, 11) is 0. The molecule has 3 rings (SSSR count). The molecule has 0 bridgehead atoms. The first kappa shape index (κ1) is 17.3. The van der Waals surface area contributed by atoms with E-state index in [0.29, 0.717) is 12.5 Å². The van der Waals surface area contributed by atoms with Crippen molar-refractivity contribution in [3.63, 3.8) is 0 Å². The maximum atomic E-state index is 12.6. The summed E-state index contributed by atoms with van der Waals surface area (Å²) in [6.07, 6.45) is 4.18. The van der Waals surface area contributed by atoms with E-state index in [1.54, 1.807) is 0 Å². The average molecular weight is 323 g/mol. The van der Waals surface area contributed by atoms with Crippen molar-refractivity contribution >= 4 is 24.0 Å². The summed E-state index contributed by atoms with van der Waals surface area (Å²) >= 11 is 0. The van der Waals surface area contributed by atoms with Crippen LogP contribution in [0.1, 0.15) is 38.7 Å². The second-order valence-electron chi connectivity index (χ2n) is 6.72. The van der Waals surface area contributed by atoms with E-state index in [2.05, 4.69) is 36.9 Å². The summed E-state index contributed by atoms with van der Waals surface area (Å²) in [6, 6.07) is 8.62. The molecule has 22 heavy (non-hydrogen) atoms. The van der Waals surface area contributed by atoms with Crippen LogP contribution in [0.5, 0.6) is 0 Å². The molecule has 1 aromatic carbocycles. The maximum absolute atomic E-state index is 12.6. The highest BCUT2D eigenvalue weighted by molar-refractivity contribution is 5.96. The number of hydrogen-bond donors (Lipinski definition) is 0. The first-order valence-electron chi connectivity index (χ1n) is 8.27. The molecule has 1 amide bonds. The summed E-state index contributed by atoms with van der Waals surface area (Å²) in [6.45, 7) is 7.70. The molecule has 1 aromatic rings. The number of likely N-dealkylation sites (tertiary alicyclic amines) is 1. The van der Waals surface area contributed by atoms with Crippen LogP contribution in [0.2, 0.25) is 0 Å². The molecule has 0 spiro atoms. The number of para-hydroxylation sites is 1. The zero-order valence-electron chi connectivity index (χ0n) is 13.6.